The number of pyridine rings is 1. The van der Waals surface area contributed by atoms with E-state index in [0.717, 1.165) is 0 Å². The molecule has 36 valence electrons. The van der Waals surface area contributed by atoms with E-state index >= 15 is 0 Å². The van der Waals surface area contributed by atoms with Crippen molar-refractivity contribution < 1.29 is 1.41 Å². The minimum Gasteiger partial charge on any atom is -0.384 e. The van der Waals surface area contributed by atoms with Gasteiger partial charge >= 0.3 is 0 Å². The van der Waals surface area contributed by atoms with Gasteiger partial charge in [0.25, 0.3) is 0 Å². The first-order valence-electron chi connectivity index (χ1n) is 2.52. The summed E-state index contributed by atoms with van der Waals surface area (Å²) in [5.74, 6) is 0.576. The van der Waals surface area contributed by atoms with Gasteiger partial charge in [-0.2, -0.15) is 0 Å². The summed E-state index contributed by atoms with van der Waals surface area (Å²) in [5.41, 5.74) is 2.17. The Morgan fingerprint density at radius 3 is 3.14 bits per heavy atom. The van der Waals surface area contributed by atoms with Crippen LogP contribution in [-0.2, 0) is 0 Å². The molecule has 0 fully saturated rings. The molecule has 0 aromatic carbocycles. The summed E-state index contributed by atoms with van der Waals surface area (Å²) < 4.78 is 6.63. The molecular weight excluding hydrogens is 88.1 g/mol. The molecule has 0 saturated carbocycles. The maximum absolute atomic E-state index is 6.63. The van der Waals surface area contributed by atoms with Crippen LogP contribution in [0, 0.1) is 0 Å². The van der Waals surface area contributed by atoms with Crippen molar-refractivity contribution in [2.75, 3.05) is 5.73 Å². The zero-order valence-corrected chi connectivity index (χ0v) is 3.76. The van der Waals surface area contributed by atoms with Crippen molar-refractivity contribution in [3.63, 3.8) is 0 Å². The lowest BCUT2D eigenvalue weighted by Crippen LogP contribution is -1.85. The van der Waals surface area contributed by atoms with Crippen molar-refractivity contribution in [1.82, 2.24) is 4.98 Å². The molecule has 1 rings (SSSR count). The summed E-state index contributed by atoms with van der Waals surface area (Å²) in [4.78, 5) is 3.80. The van der Waals surface area contributed by atoms with Gasteiger partial charge in [-0.05, 0) is 12.1 Å². The second kappa shape index (κ2) is 1.60. The molecule has 2 nitrogen and oxygen atoms in total. The number of anilines is 1. The van der Waals surface area contributed by atoms with Gasteiger partial charge in [0.15, 0.2) is 1.41 Å². The van der Waals surface area contributed by atoms with Gasteiger partial charge in [-0.25, -0.2) is 4.98 Å². The molecule has 7 heavy (non-hydrogen) atoms. The third-order valence-corrected chi connectivity index (χ3v) is 0.665. The molecule has 0 unspecified atom stereocenters. The first kappa shape index (κ1) is 3.02. The molecule has 1 aromatic heterocycles. The molecule has 0 saturated heterocycles. The number of hydrogen-bond donors (Lipinski definition) is 1. The molecule has 0 spiro atoms. The van der Waals surface area contributed by atoms with Gasteiger partial charge in [0.05, 0.1) is 0 Å². The predicted molar refractivity (Wildman–Crippen MR) is 28.6 cm³/mol. The Labute approximate surface area is 43.5 Å². The molecule has 0 atom stereocenters. The Morgan fingerprint density at radius 1 is 1.71 bits per heavy atom. The Morgan fingerprint density at radius 2 is 2.71 bits per heavy atom. The molecule has 0 amide bonds. The summed E-state index contributed by atoms with van der Waals surface area (Å²) in [5, 5.41) is 0. The zero-order chi connectivity index (χ0) is 5.82. The number of hydrogen-bond acceptors (Lipinski definition) is 2. The van der Waals surface area contributed by atoms with Gasteiger partial charge in [-0.15, -0.1) is 0 Å². The topological polar surface area (TPSA) is 38.9 Å². The number of aromatic nitrogens is 1. The second-order valence-electron chi connectivity index (χ2n) is 1.21. The number of nitrogen functional groups attached to an aromatic ring is 1. The van der Waals surface area contributed by atoms with Crippen LogP contribution in [0.1, 0.15) is 0 Å². The quantitative estimate of drug-likeness (QED) is 0.556. The largest absolute Gasteiger partial charge is 0.384 e. The minimum atomic E-state index is 0.576. The van der Waals surface area contributed by atoms with Crippen molar-refractivity contribution in [1.29, 1.82) is 0 Å². The van der Waals surface area contributed by atoms with Gasteiger partial charge in [0.2, 0.25) is 0 Å². The Balaban J connectivity index is 2.83. The van der Waals surface area contributed by atoms with Crippen LogP contribution in [0.3, 0.4) is 0 Å². The highest BCUT2D eigenvalue weighted by Gasteiger charge is 1.73. The fourth-order valence-corrected chi connectivity index (χ4v) is 0.363. The first-order chi connectivity index (χ1) is 3.93. The van der Waals surface area contributed by atoms with Crippen LogP contribution in [-0.4, -0.2) is 4.98 Å². The van der Waals surface area contributed by atoms with E-state index in [1.165, 1.54) is 0 Å². The van der Waals surface area contributed by atoms with Gasteiger partial charge in [0.1, 0.15) is 5.82 Å². The van der Waals surface area contributed by atoms with Crippen molar-refractivity contribution >= 4 is 5.82 Å². The predicted octanol–water partition coefficient (Wildman–Crippen LogP) is 0.664. The fraction of sp³-hybridized carbons (Fsp3) is 0. The Bertz CT molecular complexity index is 152. The maximum atomic E-state index is 6.63. The van der Waals surface area contributed by atoms with Crippen LogP contribution < -0.4 is 5.73 Å². The van der Waals surface area contributed by atoms with E-state index in [2.05, 4.69) is 10.7 Å². The molecule has 1 aromatic rings. The molecule has 0 aliphatic heterocycles. The van der Waals surface area contributed by atoms with Crippen molar-refractivity contribution in [3.05, 3.63) is 24.4 Å². The lowest BCUT2D eigenvalue weighted by molar-refractivity contribution is 1.34. The number of rotatable bonds is 1. The third-order valence-electron chi connectivity index (χ3n) is 0.665. The van der Waals surface area contributed by atoms with Gasteiger partial charge < -0.3 is 5.73 Å². The van der Waals surface area contributed by atoms with E-state index in [4.69, 9.17) is 1.41 Å². The van der Waals surface area contributed by atoms with Crippen LogP contribution in [0.25, 0.3) is 0 Å². The van der Waals surface area contributed by atoms with E-state index in [1.807, 2.05) is 6.07 Å². The minimum absolute atomic E-state index is 0.576. The smallest absolute Gasteiger partial charge is 0.158 e. The van der Waals surface area contributed by atoms with Crippen LogP contribution >= 0.6 is 0 Å². The van der Waals surface area contributed by atoms with E-state index < -0.39 is 0 Å². The average Bonchev–Trinajstić information content (AvgIpc) is 1.90. The highest BCUT2D eigenvalue weighted by atomic mass is 14.8. The molecule has 0 aliphatic carbocycles. The fourth-order valence-electron chi connectivity index (χ4n) is 0.363. The van der Waals surface area contributed by atoms with Gasteiger partial charge in [-0.1, -0.05) is 6.07 Å². The highest BCUT2D eigenvalue weighted by molar-refractivity contribution is 5.25. The Kier molecular flexibility index (Phi) is 0.689. The normalized spacial score (nSPS) is 10.0. The van der Waals surface area contributed by atoms with Gasteiger partial charge in [-0.3, -0.25) is 0 Å². The summed E-state index contributed by atoms with van der Waals surface area (Å²) in [6.07, 6.45) is 1.64. The van der Waals surface area contributed by atoms with Crippen molar-refractivity contribution in [2.24, 2.45) is 0 Å². The Hall–Kier alpha value is -1.05. The summed E-state index contributed by atoms with van der Waals surface area (Å²) in [6.45, 7) is 0. The third kappa shape index (κ3) is 0.892. The molecule has 1 heterocycles. The van der Waals surface area contributed by atoms with E-state index in [9.17, 15) is 0 Å². The van der Waals surface area contributed by atoms with Crippen molar-refractivity contribution in [2.45, 2.75) is 0 Å². The standard InChI is InChI=1S/C5H6N2/c6-5-3-1-2-4-7-5/h1-4H,(H2,6,7)/i/hD. The van der Waals surface area contributed by atoms with Crippen molar-refractivity contribution in [3.8, 4) is 0 Å². The zero-order valence-electron chi connectivity index (χ0n) is 4.76. The number of nitrogens with zero attached hydrogens (tertiary/aromatic N) is 1. The van der Waals surface area contributed by atoms with Crippen LogP contribution in [0.4, 0.5) is 5.82 Å². The average molecular weight is 95.1 g/mol. The molecule has 0 aliphatic rings. The van der Waals surface area contributed by atoms with E-state index in [-0.39, 0.29) is 0 Å². The number of nitrogens with two attached hydrogens (primary N) is 1. The van der Waals surface area contributed by atoms with Crippen LogP contribution in [0.15, 0.2) is 24.4 Å². The summed E-state index contributed by atoms with van der Waals surface area (Å²) >= 11 is 0. The molecule has 2 N–H and O–H groups in total. The summed E-state index contributed by atoms with van der Waals surface area (Å²) in [7, 11) is 0. The molecular formula is C5H6N2. The maximum Gasteiger partial charge on any atom is 0.158 e. The van der Waals surface area contributed by atoms with E-state index in [1.54, 1.807) is 18.3 Å². The van der Waals surface area contributed by atoms with Crippen LogP contribution in [0.5, 0.6) is 0 Å². The second-order valence-corrected chi connectivity index (χ2v) is 1.21. The van der Waals surface area contributed by atoms with Gasteiger partial charge in [0, 0.05) is 6.20 Å². The monoisotopic (exact) mass is 95.1 g/mol. The summed E-state index contributed by atoms with van der Waals surface area (Å²) in [6, 6.07) is 5.36. The van der Waals surface area contributed by atoms with Crippen LogP contribution in [0.2, 0.25) is 1.41 Å². The van der Waals surface area contributed by atoms with E-state index in [0.29, 0.717) is 5.82 Å². The molecule has 0 radical (unpaired) electrons. The molecule has 0 bridgehead atoms. The lowest BCUT2D eigenvalue weighted by atomic mass is 10.5. The highest BCUT2D eigenvalue weighted by Crippen LogP contribution is 1.89. The molecule has 2 heteroatoms. The SMILES string of the molecule is [2H]Nc1ccccn1. The lowest BCUT2D eigenvalue weighted by Gasteiger charge is -1.82. The first-order valence-corrected chi connectivity index (χ1v) is 2.02.